The molecule has 3 aromatic rings. The summed E-state index contributed by atoms with van der Waals surface area (Å²) in [5.41, 5.74) is 1.09. The van der Waals surface area contributed by atoms with E-state index in [4.69, 9.17) is 23.9 Å². The smallest absolute Gasteiger partial charge is 0.410 e. The number of rotatable bonds is 8. The number of aromatic nitrogens is 2. The van der Waals surface area contributed by atoms with E-state index in [9.17, 15) is 19.2 Å². The van der Waals surface area contributed by atoms with Crippen molar-refractivity contribution >= 4 is 17.7 Å². The predicted octanol–water partition coefficient (Wildman–Crippen LogP) is 4.72. The second kappa shape index (κ2) is 13.3. The van der Waals surface area contributed by atoms with Crippen molar-refractivity contribution in [1.29, 1.82) is 5.26 Å². The van der Waals surface area contributed by atoms with Crippen LogP contribution in [0.5, 0.6) is 11.6 Å². The Morgan fingerprint density at radius 3 is 2.77 bits per heavy atom. The number of likely N-dealkylation sites (tertiary alicyclic amines) is 1. The average molecular weight is 659 g/mol. The number of carbonyl (C=O) groups excluding carboxylic acids is 2. The van der Waals surface area contributed by atoms with Gasteiger partial charge in [0.25, 0.3) is 5.91 Å². The zero-order valence-electron chi connectivity index (χ0n) is 27.5. The predicted molar refractivity (Wildman–Crippen MR) is 173 cm³/mol. The van der Waals surface area contributed by atoms with Gasteiger partial charge in [-0.15, -0.1) is 0 Å². The Bertz CT molecular complexity index is 1730. The van der Waals surface area contributed by atoms with E-state index in [1.165, 1.54) is 12.1 Å². The SMILES string of the molecule is CCOc1ncccc1-c1ccc(N2CC3(CC(Oc4ccc(F)cc4C#N)CO3)C2)c(C(=O)N[C@@H]2CCN(C(=O)OC(C)(C)C)C2)n1. The number of ether oxygens (including phenoxy) is 4. The van der Waals surface area contributed by atoms with Gasteiger partial charge in [0.05, 0.1) is 35.7 Å². The van der Waals surface area contributed by atoms with Gasteiger partial charge in [0.2, 0.25) is 5.88 Å². The van der Waals surface area contributed by atoms with E-state index in [0.29, 0.717) is 80.8 Å². The van der Waals surface area contributed by atoms with E-state index >= 15 is 0 Å². The van der Waals surface area contributed by atoms with E-state index in [-0.39, 0.29) is 29.3 Å². The van der Waals surface area contributed by atoms with Crippen LogP contribution in [0.1, 0.15) is 56.6 Å². The molecular weight excluding hydrogens is 619 g/mol. The Labute approximate surface area is 278 Å². The first-order chi connectivity index (χ1) is 23.0. The van der Waals surface area contributed by atoms with Gasteiger partial charge < -0.3 is 34.1 Å². The van der Waals surface area contributed by atoms with E-state index in [1.54, 1.807) is 17.2 Å². The van der Waals surface area contributed by atoms with Gasteiger partial charge >= 0.3 is 6.09 Å². The first-order valence-electron chi connectivity index (χ1n) is 16.1. The van der Waals surface area contributed by atoms with Crippen LogP contribution in [0, 0.1) is 17.1 Å². The molecular formula is C35H39FN6O6. The number of hydrogen-bond donors (Lipinski definition) is 1. The molecule has 3 aliphatic heterocycles. The lowest BCUT2D eigenvalue weighted by Gasteiger charge is -2.48. The molecule has 6 rings (SSSR count). The number of pyridine rings is 2. The van der Waals surface area contributed by atoms with Crippen LogP contribution in [-0.2, 0) is 9.47 Å². The molecule has 0 aliphatic carbocycles. The molecule has 2 atom stereocenters. The van der Waals surface area contributed by atoms with Crippen LogP contribution in [-0.4, -0.2) is 89.6 Å². The number of benzene rings is 1. The minimum Gasteiger partial charge on any atom is -0.487 e. The Morgan fingerprint density at radius 1 is 1.21 bits per heavy atom. The number of amides is 2. The van der Waals surface area contributed by atoms with Gasteiger partial charge in [-0.3, -0.25) is 4.79 Å². The fraction of sp³-hybridized carbons (Fsp3) is 0.457. The summed E-state index contributed by atoms with van der Waals surface area (Å²) in [5.74, 6) is -0.125. The number of carbonyl (C=O) groups is 2. The largest absolute Gasteiger partial charge is 0.487 e. The molecule has 12 nitrogen and oxygen atoms in total. The van der Waals surface area contributed by atoms with Gasteiger partial charge in [-0.05, 0) is 76.6 Å². The van der Waals surface area contributed by atoms with E-state index in [0.717, 1.165) is 6.07 Å². The van der Waals surface area contributed by atoms with Crippen LogP contribution in [0.25, 0.3) is 11.3 Å². The van der Waals surface area contributed by atoms with Crippen molar-refractivity contribution in [3.63, 3.8) is 0 Å². The number of nitrogens with one attached hydrogen (secondary N) is 1. The molecule has 5 heterocycles. The number of halogens is 1. The highest BCUT2D eigenvalue weighted by Gasteiger charge is 2.51. The number of hydrogen-bond acceptors (Lipinski definition) is 10. The summed E-state index contributed by atoms with van der Waals surface area (Å²) in [7, 11) is 0. The van der Waals surface area contributed by atoms with Crippen molar-refractivity contribution in [2.75, 3.05) is 44.3 Å². The molecule has 3 aliphatic rings. The molecule has 1 spiro atoms. The van der Waals surface area contributed by atoms with Crippen molar-refractivity contribution in [1.82, 2.24) is 20.2 Å². The molecule has 2 amide bonds. The highest BCUT2D eigenvalue weighted by atomic mass is 19.1. The maximum atomic E-state index is 13.9. The maximum absolute atomic E-state index is 13.9. The minimum atomic E-state index is -0.616. The second-order valence-electron chi connectivity index (χ2n) is 13.3. The highest BCUT2D eigenvalue weighted by Crippen LogP contribution is 2.41. The lowest BCUT2D eigenvalue weighted by Crippen LogP contribution is -2.62. The zero-order chi connectivity index (χ0) is 34.1. The van der Waals surface area contributed by atoms with Crippen LogP contribution >= 0.6 is 0 Å². The molecule has 0 radical (unpaired) electrons. The number of anilines is 1. The molecule has 2 aromatic heterocycles. The molecule has 1 aromatic carbocycles. The maximum Gasteiger partial charge on any atom is 0.410 e. The van der Waals surface area contributed by atoms with Crippen molar-refractivity contribution < 1.29 is 32.9 Å². The van der Waals surface area contributed by atoms with Crippen molar-refractivity contribution in [3.05, 3.63) is 65.7 Å². The lowest BCUT2D eigenvalue weighted by atomic mass is 9.89. The third-order valence-corrected chi connectivity index (χ3v) is 8.42. The summed E-state index contributed by atoms with van der Waals surface area (Å²) in [4.78, 5) is 39.4. The summed E-state index contributed by atoms with van der Waals surface area (Å²) in [6.07, 6.45) is 2.07. The topological polar surface area (TPSA) is 139 Å². The van der Waals surface area contributed by atoms with E-state index in [2.05, 4.69) is 10.3 Å². The van der Waals surface area contributed by atoms with Crippen LogP contribution in [0.15, 0.2) is 48.7 Å². The van der Waals surface area contributed by atoms with Crippen LogP contribution in [0.3, 0.4) is 0 Å². The third-order valence-electron chi connectivity index (χ3n) is 8.42. The van der Waals surface area contributed by atoms with Crippen molar-refractivity contribution in [2.24, 2.45) is 0 Å². The molecule has 1 unspecified atom stereocenters. The fourth-order valence-corrected chi connectivity index (χ4v) is 6.28. The molecule has 3 saturated heterocycles. The standard InChI is InChI=1S/C35H39FN6O6/c1-5-45-32-26(7-6-13-38-32)27-9-10-28(30(40-27)31(43)39-24-12-14-41(18-24)33(44)48-34(2,3)4)42-20-35(21-42)16-25(19-46-35)47-29-11-8-23(36)15-22(29)17-37/h6-11,13,15,24-25H,5,12,14,16,18-21H2,1-4H3,(H,39,43)/t24-,25?/m1/s1. The first kappa shape index (κ1) is 33.0. The van der Waals surface area contributed by atoms with E-state index in [1.807, 2.05) is 56.9 Å². The van der Waals surface area contributed by atoms with Gasteiger partial charge in [0.15, 0.2) is 5.69 Å². The Kier molecular flexibility index (Phi) is 9.11. The summed E-state index contributed by atoms with van der Waals surface area (Å²) in [6.45, 7) is 9.86. The molecule has 0 saturated carbocycles. The van der Waals surface area contributed by atoms with Gasteiger partial charge in [-0.25, -0.2) is 19.2 Å². The summed E-state index contributed by atoms with van der Waals surface area (Å²) >= 11 is 0. The van der Waals surface area contributed by atoms with E-state index < -0.39 is 23.1 Å². The summed E-state index contributed by atoms with van der Waals surface area (Å²) < 4.78 is 37.1. The quantitative estimate of drug-likeness (QED) is 0.362. The van der Waals surface area contributed by atoms with Crippen LogP contribution in [0.4, 0.5) is 14.9 Å². The first-order valence-corrected chi connectivity index (χ1v) is 16.1. The zero-order valence-corrected chi connectivity index (χ0v) is 27.5. The lowest BCUT2D eigenvalue weighted by molar-refractivity contribution is -0.0196. The van der Waals surface area contributed by atoms with Gasteiger partial charge in [-0.1, -0.05) is 0 Å². The summed E-state index contributed by atoms with van der Waals surface area (Å²) in [5, 5.41) is 12.5. The Hall–Kier alpha value is -4.96. The number of nitriles is 1. The van der Waals surface area contributed by atoms with Crippen molar-refractivity contribution in [2.45, 2.75) is 63.9 Å². The average Bonchev–Trinajstić information content (AvgIpc) is 3.68. The van der Waals surface area contributed by atoms with Crippen molar-refractivity contribution in [3.8, 4) is 29.0 Å². The molecule has 3 fully saturated rings. The molecule has 252 valence electrons. The second-order valence-corrected chi connectivity index (χ2v) is 13.3. The monoisotopic (exact) mass is 658 g/mol. The van der Waals surface area contributed by atoms with Gasteiger partial charge in [0.1, 0.15) is 34.9 Å². The van der Waals surface area contributed by atoms with Crippen LogP contribution < -0.4 is 19.7 Å². The minimum absolute atomic E-state index is 0.130. The van der Waals surface area contributed by atoms with Gasteiger partial charge in [0, 0.05) is 44.8 Å². The summed E-state index contributed by atoms with van der Waals surface area (Å²) in [6, 6.07) is 12.9. The Balaban J connectivity index is 1.19. The molecule has 0 bridgehead atoms. The third kappa shape index (κ3) is 7.13. The molecule has 1 N–H and O–H groups in total. The Morgan fingerprint density at radius 2 is 2.02 bits per heavy atom. The van der Waals surface area contributed by atoms with Crippen LogP contribution in [0.2, 0.25) is 0 Å². The molecule has 48 heavy (non-hydrogen) atoms. The normalized spacial score (nSPS) is 19.8. The molecule has 13 heteroatoms. The van der Waals surface area contributed by atoms with Gasteiger partial charge in [-0.2, -0.15) is 5.26 Å². The highest BCUT2D eigenvalue weighted by molar-refractivity contribution is 5.99. The number of nitrogens with zero attached hydrogens (tertiary/aromatic N) is 5. The fourth-order valence-electron chi connectivity index (χ4n) is 6.28.